The zero-order chi connectivity index (χ0) is 25.4. The van der Waals surface area contributed by atoms with Gasteiger partial charge in [-0.05, 0) is 62.2 Å². The summed E-state index contributed by atoms with van der Waals surface area (Å²) in [6.07, 6.45) is -0.579. The molecule has 188 valence electrons. The number of morpholine rings is 1. The number of nitrogens with zero attached hydrogens (tertiary/aromatic N) is 1. The van der Waals surface area contributed by atoms with Crippen LogP contribution in [0.5, 0.6) is 0 Å². The second-order valence-corrected chi connectivity index (χ2v) is 11.4. The summed E-state index contributed by atoms with van der Waals surface area (Å²) < 4.78 is 58.1. The van der Waals surface area contributed by atoms with Crippen molar-refractivity contribution in [1.82, 2.24) is 9.62 Å². The molecule has 35 heavy (non-hydrogen) atoms. The SMILES string of the molecule is CC(C)(C)OC(=O)NCc1cc2cc(-c3ccc(F)c(S(=O)(=O)N4CCOCC4)c3)cc(Cl)c2o1. The fourth-order valence-corrected chi connectivity index (χ4v) is 5.46. The predicted octanol–water partition coefficient (Wildman–Crippen LogP) is 4.94. The maximum atomic E-state index is 14.6. The second-order valence-electron chi connectivity index (χ2n) is 9.11. The number of furan rings is 1. The third-order valence-corrected chi connectivity index (χ3v) is 7.47. The average Bonchev–Trinajstić information content (AvgIpc) is 3.21. The van der Waals surface area contributed by atoms with Crippen LogP contribution in [0.1, 0.15) is 26.5 Å². The molecule has 0 unspecified atom stereocenters. The Hall–Kier alpha value is -2.66. The van der Waals surface area contributed by atoms with Gasteiger partial charge in [0.2, 0.25) is 10.0 Å². The summed E-state index contributed by atoms with van der Waals surface area (Å²) >= 11 is 6.44. The quantitative estimate of drug-likeness (QED) is 0.508. The monoisotopic (exact) mass is 524 g/mol. The maximum Gasteiger partial charge on any atom is 0.408 e. The van der Waals surface area contributed by atoms with E-state index in [4.69, 9.17) is 25.5 Å². The van der Waals surface area contributed by atoms with Gasteiger partial charge in [0.15, 0.2) is 5.58 Å². The highest BCUT2D eigenvalue weighted by Gasteiger charge is 2.29. The average molecular weight is 525 g/mol. The molecule has 2 heterocycles. The Balaban J connectivity index is 1.62. The molecular formula is C24H26ClFN2O6S. The highest BCUT2D eigenvalue weighted by molar-refractivity contribution is 7.89. The Morgan fingerprint density at radius 3 is 2.54 bits per heavy atom. The first-order valence-corrected chi connectivity index (χ1v) is 12.8. The number of nitrogens with one attached hydrogen (secondary N) is 1. The number of halogens is 2. The van der Waals surface area contributed by atoms with E-state index in [2.05, 4.69) is 5.32 Å². The number of carbonyl (C=O) groups excluding carboxylic acids is 1. The van der Waals surface area contributed by atoms with E-state index in [1.165, 1.54) is 16.4 Å². The molecule has 0 radical (unpaired) electrons. The van der Waals surface area contributed by atoms with E-state index < -0.39 is 32.4 Å². The van der Waals surface area contributed by atoms with Gasteiger partial charge in [0.25, 0.3) is 0 Å². The Kier molecular flexibility index (Phi) is 7.10. The van der Waals surface area contributed by atoms with Crippen LogP contribution in [0.2, 0.25) is 5.02 Å². The molecule has 0 saturated carbocycles. The molecule has 1 saturated heterocycles. The number of ether oxygens (including phenoxy) is 2. The van der Waals surface area contributed by atoms with Gasteiger partial charge in [-0.2, -0.15) is 4.31 Å². The molecular weight excluding hydrogens is 499 g/mol. The van der Waals surface area contributed by atoms with Gasteiger partial charge in [-0.25, -0.2) is 17.6 Å². The van der Waals surface area contributed by atoms with E-state index in [-0.39, 0.29) is 32.8 Å². The van der Waals surface area contributed by atoms with Crippen molar-refractivity contribution in [2.75, 3.05) is 26.3 Å². The minimum absolute atomic E-state index is 0.0910. The molecule has 1 aliphatic heterocycles. The van der Waals surface area contributed by atoms with Crippen LogP contribution in [-0.2, 0) is 26.0 Å². The number of fused-ring (bicyclic) bond motifs is 1. The lowest BCUT2D eigenvalue weighted by Gasteiger charge is -2.26. The fourth-order valence-electron chi connectivity index (χ4n) is 3.70. The Labute approximate surface area is 208 Å². The summed E-state index contributed by atoms with van der Waals surface area (Å²) in [6, 6.07) is 9.04. The zero-order valence-electron chi connectivity index (χ0n) is 19.6. The number of hydrogen-bond donors (Lipinski definition) is 1. The molecule has 3 aromatic rings. The minimum atomic E-state index is -4.03. The number of benzene rings is 2. The summed E-state index contributed by atoms with van der Waals surface area (Å²) in [5, 5.41) is 3.57. The molecule has 1 amide bonds. The summed E-state index contributed by atoms with van der Waals surface area (Å²) in [4.78, 5) is 11.5. The van der Waals surface area contributed by atoms with Gasteiger partial charge in [-0.3, -0.25) is 0 Å². The van der Waals surface area contributed by atoms with Gasteiger partial charge < -0.3 is 19.2 Å². The molecule has 0 atom stereocenters. The van der Waals surface area contributed by atoms with Crippen LogP contribution >= 0.6 is 11.6 Å². The molecule has 11 heteroatoms. The lowest BCUT2D eigenvalue weighted by atomic mass is 10.0. The largest absolute Gasteiger partial charge is 0.458 e. The summed E-state index contributed by atoms with van der Waals surface area (Å²) in [5.41, 5.74) is 0.865. The molecule has 8 nitrogen and oxygen atoms in total. The van der Waals surface area contributed by atoms with Gasteiger partial charge >= 0.3 is 6.09 Å². The summed E-state index contributed by atoms with van der Waals surface area (Å²) in [6.45, 7) is 6.24. The molecule has 0 bridgehead atoms. The first-order valence-electron chi connectivity index (χ1n) is 11.0. The Bertz CT molecular complexity index is 1360. The van der Waals surface area contributed by atoms with Gasteiger partial charge in [0, 0.05) is 18.5 Å². The first kappa shape index (κ1) is 25.4. The van der Waals surface area contributed by atoms with Crippen molar-refractivity contribution in [3.8, 4) is 11.1 Å². The predicted molar refractivity (Wildman–Crippen MR) is 129 cm³/mol. The van der Waals surface area contributed by atoms with Crippen LogP contribution in [0.4, 0.5) is 9.18 Å². The summed E-state index contributed by atoms with van der Waals surface area (Å²) in [5.74, 6) is -0.370. The number of hydrogen-bond acceptors (Lipinski definition) is 6. The molecule has 1 aromatic heterocycles. The molecule has 2 aromatic carbocycles. The topological polar surface area (TPSA) is 98.1 Å². The Morgan fingerprint density at radius 1 is 1.14 bits per heavy atom. The molecule has 0 spiro atoms. The lowest BCUT2D eigenvalue weighted by molar-refractivity contribution is 0.0520. The number of rotatable bonds is 5. The van der Waals surface area contributed by atoms with E-state index in [1.807, 2.05) is 0 Å². The third kappa shape index (κ3) is 5.78. The van der Waals surface area contributed by atoms with E-state index >= 15 is 0 Å². The van der Waals surface area contributed by atoms with Crippen LogP contribution in [0, 0.1) is 5.82 Å². The van der Waals surface area contributed by atoms with Crippen LogP contribution < -0.4 is 5.32 Å². The van der Waals surface area contributed by atoms with Gasteiger partial charge in [0.05, 0.1) is 24.8 Å². The van der Waals surface area contributed by atoms with E-state index in [1.54, 1.807) is 39.0 Å². The molecule has 1 fully saturated rings. The van der Waals surface area contributed by atoms with E-state index in [9.17, 15) is 17.6 Å². The highest BCUT2D eigenvalue weighted by Crippen LogP contribution is 2.34. The number of carbonyl (C=O) groups is 1. The minimum Gasteiger partial charge on any atom is -0.458 e. The summed E-state index contributed by atoms with van der Waals surface area (Å²) in [7, 11) is -4.03. The van der Waals surface area contributed by atoms with Crippen molar-refractivity contribution in [1.29, 1.82) is 0 Å². The molecule has 4 rings (SSSR count). The van der Waals surface area contributed by atoms with Crippen LogP contribution in [0.15, 0.2) is 45.7 Å². The second kappa shape index (κ2) is 9.77. The standard InChI is InChI=1S/C24H26ClFN2O6S/c1-24(2,3)34-23(29)27-14-18-11-17-10-16(12-19(25)22(17)33-18)15-4-5-20(26)21(13-15)35(30,31)28-6-8-32-9-7-28/h4-5,10-13H,6-9,14H2,1-3H3,(H,27,29). The van der Waals surface area contributed by atoms with Gasteiger partial charge in [-0.15, -0.1) is 0 Å². The van der Waals surface area contributed by atoms with Crippen molar-refractivity contribution >= 4 is 38.7 Å². The van der Waals surface area contributed by atoms with Crippen molar-refractivity contribution in [2.24, 2.45) is 0 Å². The Morgan fingerprint density at radius 2 is 1.86 bits per heavy atom. The molecule has 1 aliphatic rings. The van der Waals surface area contributed by atoms with Crippen molar-refractivity contribution in [2.45, 2.75) is 37.8 Å². The van der Waals surface area contributed by atoms with Gasteiger partial charge in [-0.1, -0.05) is 17.7 Å². The fraction of sp³-hybridized carbons (Fsp3) is 0.375. The number of amides is 1. The smallest absolute Gasteiger partial charge is 0.408 e. The number of sulfonamides is 1. The molecule has 0 aliphatic carbocycles. The van der Waals surface area contributed by atoms with Crippen molar-refractivity contribution < 1.29 is 31.5 Å². The lowest BCUT2D eigenvalue weighted by Crippen LogP contribution is -2.40. The number of alkyl carbamates (subject to hydrolysis) is 1. The normalized spacial score (nSPS) is 15.3. The maximum absolute atomic E-state index is 14.6. The van der Waals surface area contributed by atoms with Crippen LogP contribution in [-0.4, -0.2) is 50.7 Å². The van der Waals surface area contributed by atoms with Gasteiger partial charge in [0.1, 0.15) is 22.1 Å². The van der Waals surface area contributed by atoms with Crippen molar-refractivity contribution in [3.63, 3.8) is 0 Å². The van der Waals surface area contributed by atoms with E-state index in [0.29, 0.717) is 32.9 Å². The van der Waals surface area contributed by atoms with Crippen LogP contribution in [0.3, 0.4) is 0 Å². The highest BCUT2D eigenvalue weighted by atomic mass is 35.5. The van der Waals surface area contributed by atoms with Crippen LogP contribution in [0.25, 0.3) is 22.1 Å². The van der Waals surface area contributed by atoms with E-state index in [0.717, 1.165) is 6.07 Å². The third-order valence-electron chi connectivity index (χ3n) is 5.28. The van der Waals surface area contributed by atoms with Crippen molar-refractivity contribution in [3.05, 3.63) is 53.0 Å². The first-order chi connectivity index (χ1) is 16.4. The zero-order valence-corrected chi connectivity index (χ0v) is 21.1. The molecule has 1 N–H and O–H groups in total.